The number of hydrogen-bond acceptors (Lipinski definition) is 6. The van der Waals surface area contributed by atoms with Crippen molar-refractivity contribution in [2.45, 2.75) is 13.3 Å². The van der Waals surface area contributed by atoms with Gasteiger partial charge in [0.25, 0.3) is 5.91 Å². The molecule has 0 aliphatic carbocycles. The Kier molecular flexibility index (Phi) is 4.40. The van der Waals surface area contributed by atoms with Gasteiger partial charge >= 0.3 is 0 Å². The van der Waals surface area contributed by atoms with Crippen LogP contribution in [0.25, 0.3) is 11.5 Å². The van der Waals surface area contributed by atoms with Gasteiger partial charge in [-0.2, -0.15) is 5.10 Å². The van der Waals surface area contributed by atoms with Crippen molar-refractivity contribution in [3.63, 3.8) is 0 Å². The van der Waals surface area contributed by atoms with E-state index in [9.17, 15) is 4.79 Å². The quantitative estimate of drug-likeness (QED) is 0.584. The van der Waals surface area contributed by atoms with E-state index < -0.39 is 5.91 Å². The molecule has 4 aromatic rings. The van der Waals surface area contributed by atoms with Crippen molar-refractivity contribution in [3.05, 3.63) is 72.8 Å². The molecule has 9 nitrogen and oxygen atoms in total. The zero-order valence-electron chi connectivity index (χ0n) is 14.5. The number of nitrogens with one attached hydrogen (secondary N) is 1. The van der Waals surface area contributed by atoms with E-state index in [0.717, 1.165) is 5.69 Å². The van der Waals surface area contributed by atoms with Crippen LogP contribution in [0.1, 0.15) is 23.4 Å². The van der Waals surface area contributed by atoms with Crippen LogP contribution in [0, 0.1) is 0 Å². The minimum Gasteiger partial charge on any atom is -0.301 e. The lowest BCUT2D eigenvalue weighted by molar-refractivity contribution is 0.101. The topological polar surface area (TPSA) is 103 Å². The highest BCUT2D eigenvalue weighted by atomic mass is 16.2. The van der Waals surface area contributed by atoms with E-state index in [0.29, 0.717) is 18.1 Å². The zero-order valence-corrected chi connectivity index (χ0v) is 14.5. The van der Waals surface area contributed by atoms with E-state index >= 15 is 0 Å². The van der Waals surface area contributed by atoms with Gasteiger partial charge in [0.05, 0.1) is 5.69 Å². The van der Waals surface area contributed by atoms with Crippen LogP contribution < -0.4 is 5.32 Å². The summed E-state index contributed by atoms with van der Waals surface area (Å²) in [5.74, 6) is 0.980. The molecule has 27 heavy (non-hydrogen) atoms. The summed E-state index contributed by atoms with van der Waals surface area (Å²) in [5, 5.41) is 11.2. The second-order valence-corrected chi connectivity index (χ2v) is 5.59. The van der Waals surface area contributed by atoms with Gasteiger partial charge in [0, 0.05) is 31.2 Å². The van der Waals surface area contributed by atoms with Gasteiger partial charge in [0.15, 0.2) is 11.6 Å². The van der Waals surface area contributed by atoms with E-state index in [1.165, 1.54) is 17.1 Å². The molecule has 0 atom stereocenters. The Labute approximate surface area is 154 Å². The zero-order chi connectivity index (χ0) is 18.6. The van der Waals surface area contributed by atoms with Crippen LogP contribution in [0.3, 0.4) is 0 Å². The van der Waals surface area contributed by atoms with Crippen molar-refractivity contribution in [1.82, 2.24) is 34.5 Å². The van der Waals surface area contributed by atoms with Crippen LogP contribution >= 0.6 is 0 Å². The van der Waals surface area contributed by atoms with E-state index in [-0.39, 0.29) is 11.6 Å². The van der Waals surface area contributed by atoms with Gasteiger partial charge in [-0.3, -0.25) is 4.79 Å². The van der Waals surface area contributed by atoms with Gasteiger partial charge in [-0.25, -0.2) is 24.3 Å². The largest absolute Gasteiger partial charge is 0.301 e. The minimum atomic E-state index is -0.465. The van der Waals surface area contributed by atoms with Gasteiger partial charge in [0.1, 0.15) is 5.82 Å². The SMILES string of the molecule is CCc1nc(C(=O)Nc2nccnc2-n2cccn2)nn1-c1ccccc1. The molecule has 1 amide bonds. The summed E-state index contributed by atoms with van der Waals surface area (Å²) in [5.41, 5.74) is 0.845. The first kappa shape index (κ1) is 16.6. The van der Waals surface area contributed by atoms with E-state index in [2.05, 4.69) is 30.5 Å². The summed E-state index contributed by atoms with van der Waals surface area (Å²) in [4.78, 5) is 25.5. The highest BCUT2D eigenvalue weighted by molar-refractivity contribution is 6.01. The summed E-state index contributed by atoms with van der Waals surface area (Å²) < 4.78 is 3.19. The predicted octanol–water partition coefficient (Wildman–Crippen LogP) is 2.06. The molecule has 0 saturated heterocycles. The van der Waals surface area contributed by atoms with Crippen LogP contribution in [0.2, 0.25) is 0 Å². The molecule has 0 aliphatic heterocycles. The molecule has 0 spiro atoms. The summed E-state index contributed by atoms with van der Waals surface area (Å²) in [6.45, 7) is 1.96. The third-order valence-corrected chi connectivity index (χ3v) is 3.83. The number of benzene rings is 1. The number of para-hydroxylation sites is 1. The molecule has 0 fully saturated rings. The highest BCUT2D eigenvalue weighted by Crippen LogP contribution is 2.15. The number of anilines is 1. The van der Waals surface area contributed by atoms with Crippen LogP contribution in [0.5, 0.6) is 0 Å². The molecular weight excluding hydrogens is 344 g/mol. The summed E-state index contributed by atoms with van der Waals surface area (Å²) in [6, 6.07) is 11.3. The second-order valence-electron chi connectivity index (χ2n) is 5.59. The van der Waals surface area contributed by atoms with Gasteiger partial charge in [0.2, 0.25) is 5.82 Å². The maximum absolute atomic E-state index is 12.7. The molecular formula is C18H16N8O. The van der Waals surface area contributed by atoms with Crippen molar-refractivity contribution in [2.75, 3.05) is 5.32 Å². The Bertz CT molecular complexity index is 1060. The molecule has 0 unspecified atom stereocenters. The molecule has 9 heteroatoms. The molecule has 1 aromatic carbocycles. The summed E-state index contributed by atoms with van der Waals surface area (Å²) in [6.07, 6.45) is 7.01. The third-order valence-electron chi connectivity index (χ3n) is 3.83. The Morgan fingerprint density at radius 3 is 2.63 bits per heavy atom. The molecule has 4 rings (SSSR count). The van der Waals surface area contributed by atoms with Crippen molar-refractivity contribution in [3.8, 4) is 11.5 Å². The fourth-order valence-electron chi connectivity index (χ4n) is 2.59. The minimum absolute atomic E-state index is 0.0628. The highest BCUT2D eigenvalue weighted by Gasteiger charge is 2.19. The molecule has 0 radical (unpaired) electrons. The Balaban J connectivity index is 1.65. The number of aromatic nitrogens is 7. The Morgan fingerprint density at radius 1 is 1.07 bits per heavy atom. The standard InChI is InChI=1S/C18H16N8O/c1-2-14-22-16(24-26(14)13-7-4-3-5-8-13)18(27)23-15-17(20-11-10-19-15)25-12-6-9-21-25/h3-12H,2H2,1H3,(H,19,23,27). The summed E-state index contributed by atoms with van der Waals surface area (Å²) >= 11 is 0. The number of hydrogen-bond donors (Lipinski definition) is 1. The molecule has 134 valence electrons. The molecule has 3 heterocycles. The third kappa shape index (κ3) is 3.30. The lowest BCUT2D eigenvalue weighted by atomic mass is 10.3. The number of aryl methyl sites for hydroxylation is 1. The Morgan fingerprint density at radius 2 is 1.89 bits per heavy atom. The van der Waals surface area contributed by atoms with Gasteiger partial charge < -0.3 is 5.32 Å². The number of nitrogens with zero attached hydrogens (tertiary/aromatic N) is 7. The molecule has 0 saturated carbocycles. The van der Waals surface area contributed by atoms with E-state index in [1.807, 2.05) is 37.3 Å². The van der Waals surface area contributed by atoms with Crippen molar-refractivity contribution < 1.29 is 4.79 Å². The van der Waals surface area contributed by atoms with Gasteiger partial charge in [-0.1, -0.05) is 25.1 Å². The van der Waals surface area contributed by atoms with Crippen LogP contribution in [0.4, 0.5) is 5.82 Å². The van der Waals surface area contributed by atoms with E-state index in [1.54, 1.807) is 23.1 Å². The first-order valence-electron chi connectivity index (χ1n) is 8.40. The first-order valence-corrected chi connectivity index (χ1v) is 8.40. The fourth-order valence-corrected chi connectivity index (χ4v) is 2.59. The van der Waals surface area contributed by atoms with Crippen molar-refractivity contribution in [2.24, 2.45) is 0 Å². The average Bonchev–Trinajstić information content (AvgIpc) is 3.39. The Hall–Kier alpha value is -3.88. The summed E-state index contributed by atoms with van der Waals surface area (Å²) in [7, 11) is 0. The van der Waals surface area contributed by atoms with Crippen LogP contribution in [0.15, 0.2) is 61.2 Å². The normalized spacial score (nSPS) is 10.7. The number of carbonyl (C=O) groups is 1. The molecule has 0 bridgehead atoms. The number of amides is 1. The lowest BCUT2D eigenvalue weighted by Crippen LogP contribution is -2.17. The fraction of sp³-hybridized carbons (Fsp3) is 0.111. The smallest absolute Gasteiger partial charge is 0.296 e. The van der Waals surface area contributed by atoms with Crippen LogP contribution in [-0.2, 0) is 6.42 Å². The first-order chi connectivity index (χ1) is 13.3. The lowest BCUT2D eigenvalue weighted by Gasteiger charge is -2.07. The van der Waals surface area contributed by atoms with Crippen molar-refractivity contribution in [1.29, 1.82) is 0 Å². The van der Waals surface area contributed by atoms with Gasteiger partial charge in [-0.05, 0) is 18.2 Å². The number of rotatable bonds is 5. The predicted molar refractivity (Wildman–Crippen MR) is 97.8 cm³/mol. The average molecular weight is 360 g/mol. The molecule has 3 aromatic heterocycles. The maximum Gasteiger partial charge on any atom is 0.296 e. The van der Waals surface area contributed by atoms with Crippen LogP contribution in [-0.4, -0.2) is 40.4 Å². The molecule has 1 N–H and O–H groups in total. The van der Waals surface area contributed by atoms with E-state index in [4.69, 9.17) is 0 Å². The van der Waals surface area contributed by atoms with Gasteiger partial charge in [-0.15, -0.1) is 5.10 Å². The monoisotopic (exact) mass is 360 g/mol. The number of carbonyl (C=O) groups excluding carboxylic acids is 1. The second kappa shape index (κ2) is 7.16. The maximum atomic E-state index is 12.7. The van der Waals surface area contributed by atoms with Crippen molar-refractivity contribution >= 4 is 11.7 Å². The molecule has 0 aliphatic rings.